The molecule has 4 nitrogen and oxygen atoms in total. The van der Waals surface area contributed by atoms with Crippen LogP contribution in [-0.2, 0) is 16.0 Å². The fourth-order valence-corrected chi connectivity index (χ4v) is 2.33. The summed E-state index contributed by atoms with van der Waals surface area (Å²) in [5, 5.41) is 5.51. The van der Waals surface area contributed by atoms with E-state index in [1.807, 2.05) is 54.6 Å². The molecular weight excluding hydrogens is 288 g/mol. The second-order valence-electron chi connectivity index (χ2n) is 5.73. The van der Waals surface area contributed by atoms with Gasteiger partial charge in [0.2, 0.25) is 11.8 Å². The van der Waals surface area contributed by atoms with Crippen molar-refractivity contribution in [3.63, 3.8) is 0 Å². The molecule has 23 heavy (non-hydrogen) atoms. The van der Waals surface area contributed by atoms with E-state index in [2.05, 4.69) is 24.5 Å². The monoisotopic (exact) mass is 310 g/mol. The molecule has 2 N–H and O–H groups in total. The van der Waals surface area contributed by atoms with Crippen molar-refractivity contribution < 1.29 is 9.59 Å². The van der Waals surface area contributed by atoms with Crippen LogP contribution in [0.25, 0.3) is 0 Å². The number of para-hydroxylation sites is 1. The van der Waals surface area contributed by atoms with Gasteiger partial charge in [-0.2, -0.15) is 0 Å². The second-order valence-corrected chi connectivity index (χ2v) is 5.73. The number of carbonyl (C=O) groups excluding carboxylic acids is 2. The lowest BCUT2D eigenvalue weighted by atomic mass is 10.0. The number of anilines is 1. The molecule has 0 spiro atoms. The SMILES string of the molecule is CC(C)c1ccccc1NC(=O)CNC(=O)Cc1ccccc1. The maximum atomic E-state index is 12.0. The summed E-state index contributed by atoms with van der Waals surface area (Å²) >= 11 is 0. The van der Waals surface area contributed by atoms with E-state index in [9.17, 15) is 9.59 Å². The summed E-state index contributed by atoms with van der Waals surface area (Å²) in [5.41, 5.74) is 2.80. The molecule has 0 atom stereocenters. The van der Waals surface area contributed by atoms with Crippen molar-refractivity contribution in [2.45, 2.75) is 26.2 Å². The minimum absolute atomic E-state index is 0.0297. The maximum absolute atomic E-state index is 12.0. The Morgan fingerprint density at radius 2 is 1.57 bits per heavy atom. The highest BCUT2D eigenvalue weighted by Gasteiger charge is 2.10. The van der Waals surface area contributed by atoms with E-state index in [0.717, 1.165) is 16.8 Å². The molecule has 0 heterocycles. The van der Waals surface area contributed by atoms with Crippen LogP contribution in [-0.4, -0.2) is 18.4 Å². The molecular formula is C19H22N2O2. The Bertz CT molecular complexity index is 666. The van der Waals surface area contributed by atoms with Gasteiger partial charge in [0.25, 0.3) is 0 Å². The summed E-state index contributed by atoms with van der Waals surface area (Å²) in [5.74, 6) is -0.0674. The van der Waals surface area contributed by atoms with Crippen LogP contribution < -0.4 is 10.6 Å². The number of nitrogens with one attached hydrogen (secondary N) is 2. The summed E-state index contributed by atoms with van der Waals surface area (Å²) in [6.07, 6.45) is 0.275. The van der Waals surface area contributed by atoms with E-state index in [0.29, 0.717) is 5.92 Å². The first-order chi connectivity index (χ1) is 11.1. The van der Waals surface area contributed by atoms with Gasteiger partial charge >= 0.3 is 0 Å². The molecule has 2 amide bonds. The van der Waals surface area contributed by atoms with Crippen molar-refractivity contribution in [3.05, 3.63) is 65.7 Å². The fraction of sp³-hybridized carbons (Fsp3) is 0.263. The molecule has 0 bridgehead atoms. The number of carbonyl (C=O) groups is 2. The number of benzene rings is 2. The average molecular weight is 310 g/mol. The first kappa shape index (κ1) is 16.7. The van der Waals surface area contributed by atoms with Crippen LogP contribution in [0.4, 0.5) is 5.69 Å². The van der Waals surface area contributed by atoms with Crippen LogP contribution in [0.15, 0.2) is 54.6 Å². The van der Waals surface area contributed by atoms with Crippen LogP contribution in [0, 0.1) is 0 Å². The topological polar surface area (TPSA) is 58.2 Å². The van der Waals surface area contributed by atoms with Gasteiger partial charge < -0.3 is 10.6 Å². The number of hydrogen-bond donors (Lipinski definition) is 2. The lowest BCUT2D eigenvalue weighted by Crippen LogP contribution is -2.34. The molecule has 0 saturated heterocycles. The third-order valence-electron chi connectivity index (χ3n) is 3.51. The van der Waals surface area contributed by atoms with Gasteiger partial charge in [-0.05, 0) is 23.1 Å². The standard InChI is InChI=1S/C19H22N2O2/c1-14(2)16-10-6-7-11-17(16)21-19(23)13-20-18(22)12-15-8-4-3-5-9-15/h3-11,14H,12-13H2,1-2H3,(H,20,22)(H,21,23). The predicted molar refractivity (Wildman–Crippen MR) is 92.3 cm³/mol. The molecule has 0 aromatic heterocycles. The summed E-state index contributed by atoms with van der Waals surface area (Å²) in [4.78, 5) is 23.9. The first-order valence-electron chi connectivity index (χ1n) is 7.75. The van der Waals surface area contributed by atoms with Crippen LogP contribution in [0.5, 0.6) is 0 Å². The van der Waals surface area contributed by atoms with Gasteiger partial charge in [0.1, 0.15) is 0 Å². The van der Waals surface area contributed by atoms with Crippen molar-refractivity contribution in [1.82, 2.24) is 5.32 Å². The van der Waals surface area contributed by atoms with Crippen LogP contribution in [0.2, 0.25) is 0 Å². The number of amides is 2. The van der Waals surface area contributed by atoms with Crippen LogP contribution in [0.1, 0.15) is 30.9 Å². The number of hydrogen-bond acceptors (Lipinski definition) is 2. The van der Waals surface area contributed by atoms with Gasteiger partial charge in [0.05, 0.1) is 13.0 Å². The molecule has 0 aliphatic rings. The average Bonchev–Trinajstić information content (AvgIpc) is 2.54. The zero-order valence-electron chi connectivity index (χ0n) is 13.5. The van der Waals surface area contributed by atoms with E-state index in [1.165, 1.54) is 0 Å². The lowest BCUT2D eigenvalue weighted by Gasteiger charge is -2.13. The Hall–Kier alpha value is -2.62. The van der Waals surface area contributed by atoms with Crippen molar-refractivity contribution in [2.24, 2.45) is 0 Å². The third kappa shape index (κ3) is 5.25. The molecule has 0 radical (unpaired) electrons. The van der Waals surface area contributed by atoms with Crippen molar-refractivity contribution >= 4 is 17.5 Å². The second kappa shape index (κ2) is 8.13. The summed E-state index contributed by atoms with van der Waals surface area (Å²) in [7, 11) is 0. The Morgan fingerprint density at radius 1 is 0.913 bits per heavy atom. The molecule has 0 aliphatic carbocycles. The number of rotatable bonds is 6. The highest BCUT2D eigenvalue weighted by molar-refractivity contribution is 5.95. The summed E-state index contributed by atoms with van der Waals surface area (Å²) < 4.78 is 0. The largest absolute Gasteiger partial charge is 0.347 e. The molecule has 0 unspecified atom stereocenters. The molecule has 0 fully saturated rings. The Morgan fingerprint density at radius 3 is 2.26 bits per heavy atom. The zero-order chi connectivity index (χ0) is 16.7. The van der Waals surface area contributed by atoms with Gasteiger partial charge in [0.15, 0.2) is 0 Å². The van der Waals surface area contributed by atoms with Crippen molar-refractivity contribution in [1.29, 1.82) is 0 Å². The molecule has 120 valence electrons. The van der Waals surface area contributed by atoms with Gasteiger partial charge in [-0.1, -0.05) is 62.4 Å². The highest BCUT2D eigenvalue weighted by atomic mass is 16.2. The maximum Gasteiger partial charge on any atom is 0.243 e. The molecule has 2 rings (SSSR count). The third-order valence-corrected chi connectivity index (χ3v) is 3.51. The minimum Gasteiger partial charge on any atom is -0.347 e. The lowest BCUT2D eigenvalue weighted by molar-refractivity contribution is -0.123. The molecule has 2 aromatic rings. The van der Waals surface area contributed by atoms with Crippen molar-refractivity contribution in [3.8, 4) is 0 Å². The van der Waals surface area contributed by atoms with Crippen molar-refractivity contribution in [2.75, 3.05) is 11.9 Å². The van der Waals surface area contributed by atoms with Gasteiger partial charge in [-0.3, -0.25) is 9.59 Å². The molecule has 4 heteroatoms. The zero-order valence-corrected chi connectivity index (χ0v) is 13.5. The predicted octanol–water partition coefficient (Wildman–Crippen LogP) is 3.11. The van der Waals surface area contributed by atoms with E-state index in [4.69, 9.17) is 0 Å². The highest BCUT2D eigenvalue weighted by Crippen LogP contribution is 2.23. The van der Waals surface area contributed by atoms with E-state index >= 15 is 0 Å². The van der Waals surface area contributed by atoms with Gasteiger partial charge in [-0.15, -0.1) is 0 Å². The Balaban J connectivity index is 1.85. The summed E-state index contributed by atoms with van der Waals surface area (Å²) in [6.45, 7) is 4.12. The van der Waals surface area contributed by atoms with Gasteiger partial charge in [-0.25, -0.2) is 0 Å². The quantitative estimate of drug-likeness (QED) is 0.861. The molecule has 0 saturated carbocycles. The van der Waals surface area contributed by atoms with E-state index < -0.39 is 0 Å². The fourth-order valence-electron chi connectivity index (χ4n) is 2.33. The minimum atomic E-state index is -0.223. The normalized spacial score (nSPS) is 10.4. The van der Waals surface area contributed by atoms with E-state index in [1.54, 1.807) is 0 Å². The van der Waals surface area contributed by atoms with Crippen LogP contribution >= 0.6 is 0 Å². The molecule has 0 aliphatic heterocycles. The van der Waals surface area contributed by atoms with E-state index in [-0.39, 0.29) is 24.8 Å². The van der Waals surface area contributed by atoms with Crippen LogP contribution in [0.3, 0.4) is 0 Å². The smallest absolute Gasteiger partial charge is 0.243 e. The Kier molecular flexibility index (Phi) is 5.92. The Labute approximate surface area is 136 Å². The van der Waals surface area contributed by atoms with Gasteiger partial charge in [0, 0.05) is 5.69 Å². The summed E-state index contributed by atoms with van der Waals surface area (Å²) in [6, 6.07) is 17.2. The molecule has 2 aromatic carbocycles. The first-order valence-corrected chi connectivity index (χ1v) is 7.75.